The number of anilines is 1. The maximum absolute atomic E-state index is 12.3. The molecule has 2 aromatic carbocycles. The SMILES string of the molecule is O=C(Nc1cccnn1)N1CCN(Cc2ccc3ccccc3c2)CC1. The molecular weight excluding hydrogens is 326 g/mol. The molecule has 2 amide bonds. The van der Waals surface area contributed by atoms with E-state index in [1.807, 2.05) is 4.90 Å². The number of nitrogens with one attached hydrogen (secondary N) is 1. The zero-order valence-electron chi connectivity index (χ0n) is 14.5. The molecule has 132 valence electrons. The number of rotatable bonds is 3. The standard InChI is InChI=1S/C20H21N5O/c26-20(22-19-6-3-9-21-23-19)25-12-10-24(11-13-25)15-16-7-8-17-4-1-2-5-18(17)14-16/h1-9,14H,10-13,15H2,(H,22,23,26). The fraction of sp³-hybridized carbons (Fsp3) is 0.250. The van der Waals surface area contributed by atoms with E-state index in [-0.39, 0.29) is 6.03 Å². The minimum atomic E-state index is -0.115. The lowest BCUT2D eigenvalue weighted by Crippen LogP contribution is -2.49. The van der Waals surface area contributed by atoms with E-state index in [4.69, 9.17) is 0 Å². The van der Waals surface area contributed by atoms with E-state index < -0.39 is 0 Å². The molecule has 6 heteroatoms. The normalized spacial score (nSPS) is 15.2. The highest BCUT2D eigenvalue weighted by molar-refractivity contribution is 5.88. The molecule has 0 spiro atoms. The molecule has 1 saturated heterocycles. The van der Waals surface area contributed by atoms with E-state index in [1.54, 1.807) is 18.3 Å². The molecule has 0 saturated carbocycles. The highest BCUT2D eigenvalue weighted by atomic mass is 16.2. The molecule has 0 radical (unpaired) electrons. The highest BCUT2D eigenvalue weighted by Crippen LogP contribution is 2.17. The number of nitrogens with zero attached hydrogens (tertiary/aromatic N) is 4. The Morgan fingerprint density at radius 2 is 1.77 bits per heavy atom. The van der Waals surface area contributed by atoms with Gasteiger partial charge in [0.2, 0.25) is 0 Å². The fourth-order valence-electron chi connectivity index (χ4n) is 3.26. The van der Waals surface area contributed by atoms with Crippen LogP contribution in [-0.2, 0) is 6.54 Å². The Hall–Kier alpha value is -2.99. The maximum Gasteiger partial charge on any atom is 0.323 e. The first-order valence-corrected chi connectivity index (χ1v) is 8.81. The highest BCUT2D eigenvalue weighted by Gasteiger charge is 2.21. The summed E-state index contributed by atoms with van der Waals surface area (Å²) in [6.07, 6.45) is 1.58. The molecule has 0 bridgehead atoms. The average molecular weight is 347 g/mol. The van der Waals surface area contributed by atoms with Crippen molar-refractivity contribution in [3.05, 3.63) is 66.4 Å². The third kappa shape index (κ3) is 3.81. The Labute approximate surface area is 152 Å². The Morgan fingerprint density at radius 1 is 0.962 bits per heavy atom. The van der Waals surface area contributed by atoms with Gasteiger partial charge in [-0.25, -0.2) is 4.79 Å². The molecule has 6 nitrogen and oxygen atoms in total. The first-order valence-electron chi connectivity index (χ1n) is 8.81. The number of hydrogen-bond acceptors (Lipinski definition) is 4. The number of aromatic nitrogens is 2. The molecular formula is C20H21N5O. The van der Waals surface area contributed by atoms with Gasteiger partial charge in [-0.1, -0.05) is 36.4 Å². The van der Waals surface area contributed by atoms with E-state index >= 15 is 0 Å². The van der Waals surface area contributed by atoms with Crippen molar-refractivity contribution in [2.75, 3.05) is 31.5 Å². The largest absolute Gasteiger partial charge is 0.323 e. The third-order valence-electron chi connectivity index (χ3n) is 4.69. The first-order chi connectivity index (χ1) is 12.8. The van der Waals surface area contributed by atoms with Gasteiger partial charge in [0.15, 0.2) is 5.82 Å². The smallest absolute Gasteiger partial charge is 0.322 e. The Balaban J connectivity index is 1.32. The van der Waals surface area contributed by atoms with Crippen LogP contribution in [0.1, 0.15) is 5.56 Å². The summed E-state index contributed by atoms with van der Waals surface area (Å²) in [4.78, 5) is 16.5. The summed E-state index contributed by atoms with van der Waals surface area (Å²) in [5, 5.41) is 13.0. The van der Waals surface area contributed by atoms with Crippen LogP contribution in [0.2, 0.25) is 0 Å². The predicted octanol–water partition coefficient (Wildman–Crippen LogP) is 2.98. The first kappa shape index (κ1) is 16.5. The predicted molar refractivity (Wildman–Crippen MR) is 102 cm³/mol. The Bertz CT molecular complexity index is 891. The average Bonchev–Trinajstić information content (AvgIpc) is 2.69. The lowest BCUT2D eigenvalue weighted by Gasteiger charge is -2.34. The molecule has 3 aromatic rings. The van der Waals surface area contributed by atoms with Crippen molar-refractivity contribution in [1.82, 2.24) is 20.0 Å². The van der Waals surface area contributed by atoms with Gasteiger partial charge in [-0.3, -0.25) is 10.2 Å². The Kier molecular flexibility index (Phi) is 4.75. The van der Waals surface area contributed by atoms with Gasteiger partial charge < -0.3 is 4.90 Å². The summed E-state index contributed by atoms with van der Waals surface area (Å²) >= 11 is 0. The molecule has 0 atom stereocenters. The summed E-state index contributed by atoms with van der Waals surface area (Å²) in [7, 11) is 0. The van der Waals surface area contributed by atoms with Crippen LogP contribution in [-0.4, -0.2) is 52.2 Å². The van der Waals surface area contributed by atoms with Crippen LogP contribution >= 0.6 is 0 Å². The number of benzene rings is 2. The van der Waals surface area contributed by atoms with Crippen molar-refractivity contribution in [3.63, 3.8) is 0 Å². The van der Waals surface area contributed by atoms with Crippen LogP contribution < -0.4 is 5.32 Å². The number of carbonyl (C=O) groups excluding carboxylic acids is 1. The van der Waals surface area contributed by atoms with Crippen molar-refractivity contribution < 1.29 is 4.79 Å². The van der Waals surface area contributed by atoms with Crippen molar-refractivity contribution >= 4 is 22.6 Å². The lowest BCUT2D eigenvalue weighted by atomic mass is 10.1. The van der Waals surface area contributed by atoms with Gasteiger partial charge in [0.05, 0.1) is 0 Å². The van der Waals surface area contributed by atoms with Crippen LogP contribution in [0.3, 0.4) is 0 Å². The van der Waals surface area contributed by atoms with Gasteiger partial charge in [-0.15, -0.1) is 5.10 Å². The van der Waals surface area contributed by atoms with Gasteiger partial charge in [-0.05, 0) is 34.5 Å². The van der Waals surface area contributed by atoms with Gasteiger partial charge in [0, 0.05) is 38.9 Å². The second-order valence-corrected chi connectivity index (χ2v) is 6.48. The lowest BCUT2D eigenvalue weighted by molar-refractivity contribution is 0.143. The number of fused-ring (bicyclic) bond motifs is 1. The van der Waals surface area contributed by atoms with E-state index in [1.165, 1.54) is 16.3 Å². The van der Waals surface area contributed by atoms with Gasteiger partial charge in [0.25, 0.3) is 0 Å². The summed E-state index contributed by atoms with van der Waals surface area (Å²) in [5.74, 6) is 0.482. The van der Waals surface area contributed by atoms with Crippen LogP contribution in [0, 0.1) is 0 Å². The molecule has 0 aliphatic carbocycles. The second kappa shape index (κ2) is 7.49. The van der Waals surface area contributed by atoms with Crippen LogP contribution in [0.4, 0.5) is 10.6 Å². The third-order valence-corrected chi connectivity index (χ3v) is 4.69. The minimum absolute atomic E-state index is 0.115. The van der Waals surface area contributed by atoms with Crippen LogP contribution in [0.5, 0.6) is 0 Å². The molecule has 2 heterocycles. The zero-order valence-corrected chi connectivity index (χ0v) is 14.5. The molecule has 4 rings (SSSR count). The minimum Gasteiger partial charge on any atom is -0.322 e. The number of hydrogen-bond donors (Lipinski definition) is 1. The quantitative estimate of drug-likeness (QED) is 0.791. The summed E-state index contributed by atoms with van der Waals surface area (Å²) in [6, 6.07) is 18.4. The molecule has 1 aliphatic heterocycles. The summed E-state index contributed by atoms with van der Waals surface area (Å²) in [6.45, 7) is 4.05. The van der Waals surface area contributed by atoms with Crippen LogP contribution in [0.15, 0.2) is 60.8 Å². The second-order valence-electron chi connectivity index (χ2n) is 6.48. The van der Waals surface area contributed by atoms with Gasteiger partial charge in [0.1, 0.15) is 0 Å². The molecule has 1 aromatic heterocycles. The van der Waals surface area contributed by atoms with Crippen molar-refractivity contribution in [2.45, 2.75) is 6.54 Å². The van der Waals surface area contributed by atoms with Gasteiger partial charge in [-0.2, -0.15) is 5.10 Å². The molecule has 1 aliphatic rings. The topological polar surface area (TPSA) is 61.4 Å². The summed E-state index contributed by atoms with van der Waals surface area (Å²) in [5.41, 5.74) is 1.31. The number of amides is 2. The van der Waals surface area contributed by atoms with E-state index in [2.05, 4.69) is 62.9 Å². The molecule has 0 unspecified atom stereocenters. The zero-order chi connectivity index (χ0) is 17.8. The number of piperazine rings is 1. The summed E-state index contributed by atoms with van der Waals surface area (Å²) < 4.78 is 0. The molecule has 26 heavy (non-hydrogen) atoms. The molecule has 1 N–H and O–H groups in total. The monoisotopic (exact) mass is 347 g/mol. The van der Waals surface area contributed by atoms with E-state index in [0.717, 1.165) is 19.6 Å². The van der Waals surface area contributed by atoms with Crippen molar-refractivity contribution in [1.29, 1.82) is 0 Å². The van der Waals surface area contributed by atoms with Crippen molar-refractivity contribution in [3.8, 4) is 0 Å². The van der Waals surface area contributed by atoms with E-state index in [9.17, 15) is 4.79 Å². The van der Waals surface area contributed by atoms with E-state index in [0.29, 0.717) is 18.9 Å². The van der Waals surface area contributed by atoms with Crippen LogP contribution in [0.25, 0.3) is 10.8 Å². The maximum atomic E-state index is 12.3. The fourth-order valence-corrected chi connectivity index (χ4v) is 3.26. The van der Waals surface area contributed by atoms with Gasteiger partial charge >= 0.3 is 6.03 Å². The molecule has 1 fully saturated rings. The Morgan fingerprint density at radius 3 is 2.54 bits per heavy atom. The number of urea groups is 1. The van der Waals surface area contributed by atoms with Crippen molar-refractivity contribution in [2.24, 2.45) is 0 Å². The number of carbonyl (C=O) groups is 1.